The number of hydrogen-bond donors (Lipinski definition) is 5. The highest BCUT2D eigenvalue weighted by Crippen LogP contribution is 2.38. The molecule has 0 radical (unpaired) electrons. The molecule has 4 heterocycles. The number of nitrogens with one attached hydrogen (secondary N) is 4. The van der Waals surface area contributed by atoms with E-state index in [-0.39, 0.29) is 23.9 Å². The molecule has 2 amide bonds. The summed E-state index contributed by atoms with van der Waals surface area (Å²) in [6, 6.07) is 22.9. The smallest absolute Gasteiger partial charge is 0.405 e. The van der Waals surface area contributed by atoms with Crippen LogP contribution in [0.15, 0.2) is 72.9 Å². The first-order valence-electron chi connectivity index (χ1n) is 17.0. The first kappa shape index (κ1) is 31.6. The molecule has 2 aliphatic rings. The molecule has 0 spiro atoms. The van der Waals surface area contributed by atoms with Crippen LogP contribution in [-0.4, -0.2) is 60.1 Å². The molecular formula is C38H43N7O3. The van der Waals surface area contributed by atoms with Gasteiger partial charge in [0.1, 0.15) is 17.7 Å². The summed E-state index contributed by atoms with van der Waals surface area (Å²) in [6.07, 6.45) is 4.57. The van der Waals surface area contributed by atoms with Crippen LogP contribution in [0.4, 0.5) is 4.79 Å². The molecule has 10 nitrogen and oxygen atoms in total. The van der Waals surface area contributed by atoms with Crippen LogP contribution in [0.1, 0.15) is 77.1 Å². The molecule has 248 valence electrons. The minimum absolute atomic E-state index is 0.0243. The van der Waals surface area contributed by atoms with Crippen molar-refractivity contribution in [2.45, 2.75) is 83.6 Å². The summed E-state index contributed by atoms with van der Waals surface area (Å²) in [6.45, 7) is 7.94. The molecule has 0 bridgehead atoms. The van der Waals surface area contributed by atoms with Crippen molar-refractivity contribution >= 4 is 23.0 Å². The Balaban J connectivity index is 1.10. The van der Waals surface area contributed by atoms with E-state index in [1.807, 2.05) is 44.0 Å². The topological polar surface area (TPSA) is 139 Å². The monoisotopic (exact) mass is 645 g/mol. The molecule has 5 N–H and O–H groups in total. The van der Waals surface area contributed by atoms with Crippen LogP contribution in [0.5, 0.6) is 0 Å². The van der Waals surface area contributed by atoms with Crippen molar-refractivity contribution in [3.05, 3.63) is 84.6 Å². The van der Waals surface area contributed by atoms with Crippen LogP contribution in [0, 0.1) is 5.92 Å². The molecule has 5 atom stereocenters. The van der Waals surface area contributed by atoms with Crippen molar-refractivity contribution < 1.29 is 14.7 Å². The summed E-state index contributed by atoms with van der Waals surface area (Å²) in [5, 5.41) is 15.4. The lowest BCUT2D eigenvalue weighted by atomic mass is 9.98. The van der Waals surface area contributed by atoms with E-state index in [0.29, 0.717) is 12.1 Å². The number of aromatic nitrogens is 4. The van der Waals surface area contributed by atoms with Crippen LogP contribution in [-0.2, 0) is 4.79 Å². The second kappa shape index (κ2) is 12.9. The summed E-state index contributed by atoms with van der Waals surface area (Å²) in [5.74, 6) is 1.34. The SMILES string of the molecule is CC(C)C(NC(=O)O)C(=O)N1[C@@H](C)CC[C@H]1c1nc2c(-c3ccc(-c4ccc(-c5cnc([C@@H]6CC[C@H](C)N6)[nH]5)cc4)cc3)cccc2[nH]1. The third-order valence-corrected chi connectivity index (χ3v) is 10.0. The van der Waals surface area contributed by atoms with Crippen LogP contribution in [0.3, 0.4) is 0 Å². The van der Waals surface area contributed by atoms with Gasteiger partial charge >= 0.3 is 6.09 Å². The normalized spacial score (nSPS) is 21.6. The third-order valence-electron chi connectivity index (χ3n) is 10.0. The Bertz CT molecular complexity index is 1930. The van der Waals surface area contributed by atoms with E-state index < -0.39 is 12.1 Å². The standard InChI is InChI=1S/C38H43N7O3/c1-21(2)33(44-38(47)48)37(46)45-23(4)9-19-32(45)36-41-29-7-5-6-28(34(29)43-36)26-14-10-24(11-15-26)25-12-16-27(17-13-25)31-20-39-35(42-31)30-18-8-22(3)40-30/h5-7,10-17,20-23,30,32-33,40,44H,8-9,18-19H2,1-4H3,(H,39,42)(H,41,43)(H,47,48)/t22-,23-,30-,32-,33?/m0/s1. The number of amides is 2. The van der Waals surface area contributed by atoms with Crippen molar-refractivity contribution in [1.29, 1.82) is 0 Å². The molecule has 2 aliphatic heterocycles. The molecule has 10 heteroatoms. The van der Waals surface area contributed by atoms with E-state index in [0.717, 1.165) is 75.5 Å². The summed E-state index contributed by atoms with van der Waals surface area (Å²) in [7, 11) is 0. The predicted molar refractivity (Wildman–Crippen MR) is 187 cm³/mol. The van der Waals surface area contributed by atoms with E-state index in [2.05, 4.69) is 87.1 Å². The van der Waals surface area contributed by atoms with Gasteiger partial charge < -0.3 is 30.6 Å². The fourth-order valence-corrected chi connectivity index (χ4v) is 7.36. The van der Waals surface area contributed by atoms with Gasteiger partial charge in [0.25, 0.3) is 0 Å². The lowest BCUT2D eigenvalue weighted by molar-refractivity contribution is -0.137. The van der Waals surface area contributed by atoms with Crippen LogP contribution < -0.4 is 10.6 Å². The summed E-state index contributed by atoms with van der Waals surface area (Å²) in [5.41, 5.74) is 8.20. The lowest BCUT2D eigenvalue weighted by Crippen LogP contribution is -2.52. The van der Waals surface area contributed by atoms with E-state index in [1.54, 1.807) is 0 Å². The van der Waals surface area contributed by atoms with Gasteiger partial charge in [0.2, 0.25) is 5.91 Å². The summed E-state index contributed by atoms with van der Waals surface area (Å²) < 4.78 is 0. The number of rotatable bonds is 8. The van der Waals surface area contributed by atoms with Gasteiger partial charge in [-0.2, -0.15) is 0 Å². The van der Waals surface area contributed by atoms with Gasteiger partial charge in [0.05, 0.1) is 35.0 Å². The molecule has 2 saturated heterocycles. The molecule has 5 aromatic rings. The molecular weight excluding hydrogens is 602 g/mol. The Morgan fingerprint density at radius 1 is 0.854 bits per heavy atom. The molecule has 2 aromatic heterocycles. The number of carbonyl (C=O) groups excluding carboxylic acids is 1. The maximum atomic E-state index is 13.7. The van der Waals surface area contributed by atoms with E-state index in [1.165, 1.54) is 6.42 Å². The highest BCUT2D eigenvalue weighted by Gasteiger charge is 2.41. The molecule has 3 aromatic carbocycles. The number of hydrogen-bond acceptors (Lipinski definition) is 5. The number of aromatic amines is 2. The number of H-pyrrole nitrogens is 2. The molecule has 2 fully saturated rings. The average Bonchev–Trinajstić information content (AvgIpc) is 3.89. The number of para-hydroxylation sites is 1. The Morgan fingerprint density at radius 2 is 1.54 bits per heavy atom. The fourth-order valence-electron chi connectivity index (χ4n) is 7.36. The molecule has 0 saturated carbocycles. The molecule has 1 unspecified atom stereocenters. The van der Waals surface area contributed by atoms with Crippen LogP contribution in [0.25, 0.3) is 44.5 Å². The quantitative estimate of drug-likeness (QED) is 0.119. The number of imidazole rings is 2. The fraction of sp³-hybridized carbons (Fsp3) is 0.368. The van der Waals surface area contributed by atoms with Crippen molar-refractivity contribution in [3.63, 3.8) is 0 Å². The zero-order valence-corrected chi connectivity index (χ0v) is 27.8. The maximum Gasteiger partial charge on any atom is 0.405 e. The van der Waals surface area contributed by atoms with Crippen molar-refractivity contribution in [2.24, 2.45) is 5.92 Å². The number of carbonyl (C=O) groups is 2. The predicted octanol–water partition coefficient (Wildman–Crippen LogP) is 7.44. The van der Waals surface area contributed by atoms with Crippen molar-refractivity contribution in [2.75, 3.05) is 0 Å². The minimum Gasteiger partial charge on any atom is -0.465 e. The molecule has 48 heavy (non-hydrogen) atoms. The summed E-state index contributed by atoms with van der Waals surface area (Å²) in [4.78, 5) is 43.7. The highest BCUT2D eigenvalue weighted by atomic mass is 16.4. The first-order chi connectivity index (χ1) is 23.2. The third kappa shape index (κ3) is 6.08. The van der Waals surface area contributed by atoms with Crippen LogP contribution >= 0.6 is 0 Å². The highest BCUT2D eigenvalue weighted by molar-refractivity contribution is 5.93. The lowest BCUT2D eigenvalue weighted by Gasteiger charge is -2.32. The molecule has 0 aliphatic carbocycles. The van der Waals surface area contributed by atoms with E-state index in [9.17, 15) is 14.7 Å². The number of benzene rings is 3. The largest absolute Gasteiger partial charge is 0.465 e. The minimum atomic E-state index is -1.20. The van der Waals surface area contributed by atoms with Crippen LogP contribution in [0.2, 0.25) is 0 Å². The van der Waals surface area contributed by atoms with Gasteiger partial charge in [-0.1, -0.05) is 74.5 Å². The average molecular weight is 646 g/mol. The number of carboxylic acid groups (broad SMARTS) is 1. The number of fused-ring (bicyclic) bond motifs is 1. The second-order valence-corrected chi connectivity index (χ2v) is 13.7. The number of likely N-dealkylation sites (tertiary alicyclic amines) is 1. The Labute approximate surface area is 280 Å². The Hall–Kier alpha value is -4.96. The Morgan fingerprint density at radius 3 is 2.19 bits per heavy atom. The Kier molecular flexibility index (Phi) is 8.51. The maximum absolute atomic E-state index is 13.7. The zero-order valence-electron chi connectivity index (χ0n) is 27.8. The molecule has 7 rings (SSSR count). The van der Waals surface area contributed by atoms with Crippen molar-refractivity contribution in [1.82, 2.24) is 35.5 Å². The van der Waals surface area contributed by atoms with Gasteiger partial charge in [0, 0.05) is 17.6 Å². The van der Waals surface area contributed by atoms with E-state index >= 15 is 0 Å². The zero-order chi connectivity index (χ0) is 33.5. The van der Waals surface area contributed by atoms with E-state index in [4.69, 9.17) is 4.98 Å². The second-order valence-electron chi connectivity index (χ2n) is 13.7. The first-order valence-corrected chi connectivity index (χ1v) is 17.0. The van der Waals surface area contributed by atoms with Gasteiger partial charge in [0.15, 0.2) is 0 Å². The van der Waals surface area contributed by atoms with Gasteiger partial charge in [-0.15, -0.1) is 0 Å². The van der Waals surface area contributed by atoms with Gasteiger partial charge in [-0.3, -0.25) is 4.79 Å². The number of nitrogens with zero attached hydrogens (tertiary/aromatic N) is 3. The summed E-state index contributed by atoms with van der Waals surface area (Å²) >= 11 is 0. The van der Waals surface area contributed by atoms with Gasteiger partial charge in [-0.05, 0) is 73.8 Å². The van der Waals surface area contributed by atoms with Crippen molar-refractivity contribution in [3.8, 4) is 33.5 Å². The van der Waals surface area contributed by atoms with Gasteiger partial charge in [-0.25, -0.2) is 14.8 Å².